The zero-order valence-corrected chi connectivity index (χ0v) is 14.4. The van der Waals surface area contributed by atoms with Crippen molar-refractivity contribution in [2.45, 2.75) is 61.3 Å². The van der Waals surface area contributed by atoms with E-state index < -0.39 is 0 Å². The van der Waals surface area contributed by atoms with E-state index in [0.717, 1.165) is 30.8 Å². The molecule has 1 aliphatic rings. The Balaban J connectivity index is 3.15. The van der Waals surface area contributed by atoms with Gasteiger partial charge in [0.05, 0.1) is 5.88 Å². The Hall–Kier alpha value is -0.440. The van der Waals surface area contributed by atoms with Crippen LogP contribution in [0.3, 0.4) is 0 Å². The average Bonchev–Trinajstić information content (AvgIpc) is 2.24. The van der Waals surface area contributed by atoms with Gasteiger partial charge < -0.3 is 4.90 Å². The summed E-state index contributed by atoms with van der Waals surface area (Å²) < 4.78 is 0. The van der Waals surface area contributed by atoms with Gasteiger partial charge in [0.1, 0.15) is 0 Å². The Bertz CT molecular complexity index is 371. The third-order valence-corrected chi connectivity index (χ3v) is 4.85. The number of nitrogens with zero attached hydrogens (tertiary/aromatic N) is 1. The van der Waals surface area contributed by atoms with Gasteiger partial charge in [-0.15, -0.1) is 11.8 Å². The van der Waals surface area contributed by atoms with Crippen LogP contribution in [0.5, 0.6) is 0 Å². The minimum atomic E-state index is -0.0857. The quantitative estimate of drug-likeness (QED) is 0.750. The number of amides is 1. The van der Waals surface area contributed by atoms with Crippen molar-refractivity contribution in [3.05, 3.63) is 10.5 Å². The molecule has 3 heteroatoms. The summed E-state index contributed by atoms with van der Waals surface area (Å²) in [7, 11) is 0. The zero-order chi connectivity index (χ0) is 14.8. The smallest absolute Gasteiger partial charge is 0.251 e. The van der Waals surface area contributed by atoms with E-state index in [1.54, 1.807) is 0 Å². The van der Waals surface area contributed by atoms with Gasteiger partial charge in [0, 0.05) is 17.0 Å². The van der Waals surface area contributed by atoms with Gasteiger partial charge in [-0.25, -0.2) is 0 Å². The lowest BCUT2D eigenvalue weighted by molar-refractivity contribution is -0.127. The third-order valence-electron chi connectivity index (χ3n) is 3.31. The molecule has 1 rings (SSSR count). The van der Waals surface area contributed by atoms with Gasteiger partial charge in [0.2, 0.25) is 0 Å². The van der Waals surface area contributed by atoms with Gasteiger partial charge >= 0.3 is 0 Å². The maximum Gasteiger partial charge on any atom is 0.251 e. The summed E-state index contributed by atoms with van der Waals surface area (Å²) in [6, 6.07) is 0. The zero-order valence-electron chi connectivity index (χ0n) is 13.6. The monoisotopic (exact) mass is 283 g/mol. The van der Waals surface area contributed by atoms with Crippen LogP contribution in [0, 0.1) is 10.8 Å². The van der Waals surface area contributed by atoms with Crippen molar-refractivity contribution >= 4 is 17.7 Å². The molecule has 0 radical (unpaired) electrons. The van der Waals surface area contributed by atoms with Crippen LogP contribution < -0.4 is 0 Å². The highest BCUT2D eigenvalue weighted by molar-refractivity contribution is 8.03. The molecule has 19 heavy (non-hydrogen) atoms. The van der Waals surface area contributed by atoms with Crippen molar-refractivity contribution in [3.8, 4) is 0 Å². The van der Waals surface area contributed by atoms with E-state index in [1.807, 2.05) is 16.7 Å². The van der Waals surface area contributed by atoms with Crippen LogP contribution in [0.15, 0.2) is 10.5 Å². The third kappa shape index (κ3) is 4.01. The van der Waals surface area contributed by atoms with Gasteiger partial charge in [-0.2, -0.15) is 0 Å². The molecule has 1 heterocycles. The van der Waals surface area contributed by atoms with Crippen molar-refractivity contribution in [2.75, 3.05) is 12.4 Å². The van der Waals surface area contributed by atoms with Crippen LogP contribution >= 0.6 is 11.8 Å². The largest absolute Gasteiger partial charge is 0.329 e. The Morgan fingerprint density at radius 1 is 1.11 bits per heavy atom. The molecule has 110 valence electrons. The summed E-state index contributed by atoms with van der Waals surface area (Å²) in [5.41, 5.74) is 0.990. The highest BCUT2D eigenvalue weighted by atomic mass is 32.2. The molecule has 0 saturated heterocycles. The second-order valence-electron chi connectivity index (χ2n) is 7.40. The number of hydrogen-bond acceptors (Lipinski definition) is 2. The Morgan fingerprint density at radius 2 is 1.68 bits per heavy atom. The minimum absolute atomic E-state index is 0.0553. The van der Waals surface area contributed by atoms with Crippen molar-refractivity contribution in [1.29, 1.82) is 0 Å². The van der Waals surface area contributed by atoms with Gasteiger partial charge in [-0.1, -0.05) is 54.9 Å². The number of carbonyl (C=O) groups is 1. The first kappa shape index (κ1) is 16.6. The normalized spacial score (nSPS) is 18.3. The molecule has 0 fully saturated rings. The number of allylic oxidation sites excluding steroid dienone is 1. The molecule has 0 N–H and O–H groups in total. The first-order chi connectivity index (χ1) is 8.59. The molecule has 1 amide bonds. The molecule has 0 spiro atoms. The molecular formula is C16H29NOS. The highest BCUT2D eigenvalue weighted by Crippen LogP contribution is 2.46. The number of carbonyl (C=O) groups excluding carboxylic acids is 1. The van der Waals surface area contributed by atoms with Crippen molar-refractivity contribution in [3.63, 3.8) is 0 Å². The Labute approximate surface area is 123 Å². The molecule has 0 unspecified atom stereocenters. The van der Waals surface area contributed by atoms with E-state index in [4.69, 9.17) is 0 Å². The molecule has 0 saturated carbocycles. The maximum absolute atomic E-state index is 12.8. The van der Waals surface area contributed by atoms with E-state index >= 15 is 0 Å². The minimum Gasteiger partial charge on any atom is -0.329 e. The molecular weight excluding hydrogens is 254 g/mol. The average molecular weight is 283 g/mol. The van der Waals surface area contributed by atoms with Crippen LogP contribution in [0.2, 0.25) is 0 Å². The fourth-order valence-corrected chi connectivity index (χ4v) is 3.80. The lowest BCUT2D eigenvalue weighted by atomic mass is 9.80. The molecule has 0 atom stereocenters. The van der Waals surface area contributed by atoms with E-state index in [-0.39, 0.29) is 16.7 Å². The van der Waals surface area contributed by atoms with E-state index in [9.17, 15) is 4.79 Å². The summed E-state index contributed by atoms with van der Waals surface area (Å²) in [5, 5.41) is 0. The van der Waals surface area contributed by atoms with Crippen molar-refractivity contribution in [2.24, 2.45) is 10.8 Å². The first-order valence-corrected chi connectivity index (χ1v) is 8.25. The number of hydrogen-bond donors (Lipinski definition) is 0. The fourth-order valence-electron chi connectivity index (χ4n) is 2.30. The molecule has 0 aromatic heterocycles. The number of thioether (sulfide) groups is 1. The lowest BCUT2D eigenvalue weighted by Gasteiger charge is -2.39. The van der Waals surface area contributed by atoms with Crippen LogP contribution in [0.1, 0.15) is 61.3 Å². The Morgan fingerprint density at radius 3 is 2.11 bits per heavy atom. The lowest BCUT2D eigenvalue weighted by Crippen LogP contribution is -2.41. The Kier molecular flexibility index (Phi) is 5.16. The molecule has 0 aromatic rings. The van der Waals surface area contributed by atoms with E-state index in [1.165, 1.54) is 4.91 Å². The standard InChI is InChI=1S/C16H29NOS/c1-8-9-10-17-11-19-13(16(5,6)7)12(14(17)18)15(2,3)4/h8-11H2,1-7H3. The SMILES string of the molecule is CCCCN1CSC(C(C)(C)C)=C(C(C)(C)C)C1=O. The summed E-state index contributed by atoms with van der Waals surface area (Å²) in [6.45, 7) is 16.1. The van der Waals surface area contributed by atoms with E-state index in [2.05, 4.69) is 48.5 Å². The predicted molar refractivity (Wildman–Crippen MR) is 85.0 cm³/mol. The molecule has 1 aliphatic heterocycles. The fraction of sp³-hybridized carbons (Fsp3) is 0.812. The first-order valence-electron chi connectivity index (χ1n) is 7.26. The van der Waals surface area contributed by atoms with Crippen LogP contribution in [-0.2, 0) is 4.79 Å². The van der Waals surface area contributed by atoms with Gasteiger partial charge in [0.25, 0.3) is 5.91 Å². The number of unbranched alkanes of at least 4 members (excludes halogenated alkanes) is 1. The van der Waals surface area contributed by atoms with Crippen LogP contribution in [0.4, 0.5) is 0 Å². The van der Waals surface area contributed by atoms with Gasteiger partial charge in [0.15, 0.2) is 0 Å². The molecule has 0 aromatic carbocycles. The summed E-state index contributed by atoms with van der Waals surface area (Å²) >= 11 is 1.85. The summed E-state index contributed by atoms with van der Waals surface area (Å²) in [5.74, 6) is 1.06. The molecule has 0 aliphatic carbocycles. The second kappa shape index (κ2) is 5.90. The predicted octanol–water partition coefficient (Wildman–Crippen LogP) is 4.67. The summed E-state index contributed by atoms with van der Waals surface area (Å²) in [6.07, 6.45) is 2.23. The van der Waals surface area contributed by atoms with Gasteiger partial charge in [-0.3, -0.25) is 4.79 Å². The van der Waals surface area contributed by atoms with Crippen LogP contribution in [-0.4, -0.2) is 23.2 Å². The van der Waals surface area contributed by atoms with Gasteiger partial charge in [-0.05, 0) is 17.3 Å². The number of rotatable bonds is 3. The highest BCUT2D eigenvalue weighted by Gasteiger charge is 2.38. The summed E-state index contributed by atoms with van der Waals surface area (Å²) in [4.78, 5) is 16.1. The van der Waals surface area contributed by atoms with Crippen molar-refractivity contribution < 1.29 is 4.79 Å². The van der Waals surface area contributed by atoms with Crippen LogP contribution in [0.25, 0.3) is 0 Å². The molecule has 2 nitrogen and oxygen atoms in total. The van der Waals surface area contributed by atoms with E-state index in [0.29, 0.717) is 0 Å². The molecule has 0 bridgehead atoms. The van der Waals surface area contributed by atoms with Crippen molar-refractivity contribution in [1.82, 2.24) is 4.90 Å². The maximum atomic E-state index is 12.8. The second-order valence-corrected chi connectivity index (χ2v) is 8.35. The topological polar surface area (TPSA) is 20.3 Å².